The molecule has 0 unspecified atom stereocenters. The third-order valence-electron chi connectivity index (χ3n) is 4.09. The third-order valence-corrected chi connectivity index (χ3v) is 4.33. The number of hydrogen-bond donors (Lipinski definition) is 0. The highest BCUT2D eigenvalue weighted by Crippen LogP contribution is 2.39. The van der Waals surface area contributed by atoms with Gasteiger partial charge in [0.25, 0.3) is 5.91 Å². The summed E-state index contributed by atoms with van der Waals surface area (Å²) in [4.78, 5) is 14.9. The minimum absolute atomic E-state index is 0.0113. The molecule has 0 saturated heterocycles. The molecule has 0 atom stereocenters. The van der Waals surface area contributed by atoms with Gasteiger partial charge in [-0.2, -0.15) is 0 Å². The van der Waals surface area contributed by atoms with E-state index in [1.54, 1.807) is 18.2 Å². The van der Waals surface area contributed by atoms with Crippen LogP contribution in [0.25, 0.3) is 11.6 Å². The van der Waals surface area contributed by atoms with Crippen molar-refractivity contribution in [2.24, 2.45) is 5.92 Å². The maximum Gasteiger partial charge on any atom is 0.259 e. The molecule has 26 heavy (non-hydrogen) atoms. The van der Waals surface area contributed by atoms with Crippen LogP contribution in [0.3, 0.4) is 0 Å². The van der Waals surface area contributed by atoms with Crippen LogP contribution in [0.1, 0.15) is 25.0 Å². The second kappa shape index (κ2) is 7.68. The molecule has 1 heterocycles. The van der Waals surface area contributed by atoms with E-state index >= 15 is 0 Å². The first kappa shape index (κ1) is 18.1. The van der Waals surface area contributed by atoms with E-state index in [1.807, 2.05) is 35.2 Å². The highest BCUT2D eigenvalue weighted by Gasteiger charge is 2.32. The van der Waals surface area contributed by atoms with Crippen molar-refractivity contribution < 1.29 is 9.53 Å². The molecule has 4 heteroatoms. The second-order valence-corrected chi connectivity index (χ2v) is 7.00. The molecule has 3 rings (SSSR count). The topological polar surface area (TPSA) is 29.5 Å². The summed E-state index contributed by atoms with van der Waals surface area (Å²) < 4.78 is 5.60. The Hall–Kier alpha value is -2.70. The molecule has 132 valence electrons. The summed E-state index contributed by atoms with van der Waals surface area (Å²) in [7, 11) is 0. The van der Waals surface area contributed by atoms with E-state index in [0.29, 0.717) is 28.8 Å². The number of rotatable bonds is 5. The first-order chi connectivity index (χ1) is 12.5. The number of para-hydroxylation sites is 1. The summed E-state index contributed by atoms with van der Waals surface area (Å²) in [5.41, 5.74) is 3.22. The molecule has 2 aromatic carbocycles. The van der Waals surface area contributed by atoms with E-state index < -0.39 is 0 Å². The van der Waals surface area contributed by atoms with Crippen LogP contribution in [0.2, 0.25) is 5.02 Å². The summed E-state index contributed by atoms with van der Waals surface area (Å²) in [6, 6.07) is 13.1. The Morgan fingerprint density at radius 1 is 1.27 bits per heavy atom. The van der Waals surface area contributed by atoms with Crippen LogP contribution < -0.4 is 9.64 Å². The van der Waals surface area contributed by atoms with Crippen LogP contribution in [0.5, 0.6) is 5.75 Å². The molecule has 1 aliphatic rings. The molecule has 0 spiro atoms. The average molecular weight is 366 g/mol. The van der Waals surface area contributed by atoms with Crippen molar-refractivity contribution in [2.75, 3.05) is 18.1 Å². The molecule has 0 N–H and O–H groups in total. The quantitative estimate of drug-likeness (QED) is 0.557. The van der Waals surface area contributed by atoms with Crippen molar-refractivity contribution in [3.8, 4) is 18.1 Å². The summed E-state index contributed by atoms with van der Waals surface area (Å²) >= 11 is 6.15. The predicted octanol–water partition coefficient (Wildman–Crippen LogP) is 4.90. The monoisotopic (exact) mass is 365 g/mol. The number of anilines is 1. The van der Waals surface area contributed by atoms with E-state index in [4.69, 9.17) is 22.8 Å². The van der Waals surface area contributed by atoms with Gasteiger partial charge in [-0.25, -0.2) is 0 Å². The van der Waals surface area contributed by atoms with Crippen LogP contribution in [0, 0.1) is 18.3 Å². The van der Waals surface area contributed by atoms with Gasteiger partial charge in [0.05, 0.1) is 5.69 Å². The smallest absolute Gasteiger partial charge is 0.259 e. The lowest BCUT2D eigenvalue weighted by atomic mass is 10.0. The highest BCUT2D eigenvalue weighted by atomic mass is 35.5. The van der Waals surface area contributed by atoms with Crippen LogP contribution in [0.4, 0.5) is 5.69 Å². The van der Waals surface area contributed by atoms with Crippen molar-refractivity contribution in [1.29, 1.82) is 0 Å². The molecule has 0 bridgehead atoms. The van der Waals surface area contributed by atoms with Crippen LogP contribution >= 0.6 is 11.6 Å². The largest absolute Gasteiger partial charge is 0.480 e. The van der Waals surface area contributed by atoms with Gasteiger partial charge in [-0.05, 0) is 36.3 Å². The number of amides is 1. The van der Waals surface area contributed by atoms with Crippen LogP contribution in [0.15, 0.2) is 42.5 Å². The number of benzene rings is 2. The molecule has 0 radical (unpaired) electrons. The number of halogens is 1. The van der Waals surface area contributed by atoms with Gasteiger partial charge in [-0.1, -0.05) is 49.6 Å². The minimum Gasteiger partial charge on any atom is -0.480 e. The lowest BCUT2D eigenvalue weighted by Crippen LogP contribution is -2.30. The van der Waals surface area contributed by atoms with Gasteiger partial charge in [-0.3, -0.25) is 4.79 Å². The fourth-order valence-corrected chi connectivity index (χ4v) is 3.21. The summed E-state index contributed by atoms with van der Waals surface area (Å²) in [5, 5.41) is 0.572. The molecule has 0 fully saturated rings. The van der Waals surface area contributed by atoms with Gasteiger partial charge in [-0.15, -0.1) is 6.42 Å². The van der Waals surface area contributed by atoms with E-state index in [-0.39, 0.29) is 12.5 Å². The van der Waals surface area contributed by atoms with Crippen LogP contribution in [-0.4, -0.2) is 19.1 Å². The standard InChI is InChI=1S/C22H20ClNO2/c1-4-11-26-21-10-9-17(23)12-16(21)13-19-18-7-5-6-8-20(18)24(22(19)25)14-15(2)3/h1,5-10,12-13,15H,11,14H2,2-3H3/b19-13-. The number of carbonyl (C=O) groups is 1. The fourth-order valence-electron chi connectivity index (χ4n) is 3.03. The molecule has 2 aromatic rings. The highest BCUT2D eigenvalue weighted by molar-refractivity contribution is 6.36. The Morgan fingerprint density at radius 3 is 2.77 bits per heavy atom. The molecule has 3 nitrogen and oxygen atoms in total. The SMILES string of the molecule is C#CCOc1ccc(Cl)cc1/C=C1\C(=O)N(CC(C)C)c2ccccc21. The number of terminal acetylenes is 1. The minimum atomic E-state index is -0.0113. The molecular formula is C22H20ClNO2. The Labute approximate surface area is 159 Å². The van der Waals surface area contributed by atoms with E-state index in [9.17, 15) is 4.79 Å². The van der Waals surface area contributed by atoms with Crippen molar-refractivity contribution >= 4 is 34.8 Å². The number of carbonyl (C=O) groups excluding carboxylic acids is 1. The van der Waals surface area contributed by atoms with Crippen molar-refractivity contribution in [1.82, 2.24) is 0 Å². The van der Waals surface area contributed by atoms with Gasteiger partial charge in [0, 0.05) is 28.3 Å². The fraction of sp³-hybridized carbons (Fsp3) is 0.227. The number of hydrogen-bond acceptors (Lipinski definition) is 2. The lowest BCUT2D eigenvalue weighted by molar-refractivity contribution is -0.113. The zero-order chi connectivity index (χ0) is 18.7. The molecule has 1 amide bonds. The van der Waals surface area contributed by atoms with Crippen molar-refractivity contribution in [2.45, 2.75) is 13.8 Å². The molecule has 0 aliphatic carbocycles. The van der Waals surface area contributed by atoms with Gasteiger partial charge in [0.2, 0.25) is 0 Å². The number of fused-ring (bicyclic) bond motifs is 1. The first-order valence-electron chi connectivity index (χ1n) is 8.50. The zero-order valence-electron chi connectivity index (χ0n) is 14.8. The zero-order valence-corrected chi connectivity index (χ0v) is 15.6. The summed E-state index contributed by atoms with van der Waals surface area (Å²) in [6.45, 7) is 5.02. The average Bonchev–Trinajstić information content (AvgIpc) is 2.87. The third kappa shape index (κ3) is 3.61. The number of nitrogens with zero attached hydrogens (tertiary/aromatic N) is 1. The van der Waals surface area contributed by atoms with E-state index in [0.717, 1.165) is 16.8 Å². The van der Waals surface area contributed by atoms with Gasteiger partial charge >= 0.3 is 0 Å². The van der Waals surface area contributed by atoms with Crippen molar-refractivity contribution in [3.63, 3.8) is 0 Å². The predicted molar refractivity (Wildman–Crippen MR) is 107 cm³/mol. The maximum absolute atomic E-state index is 13.1. The number of ether oxygens (including phenoxy) is 1. The Bertz CT molecular complexity index is 909. The normalized spacial score (nSPS) is 14.7. The second-order valence-electron chi connectivity index (χ2n) is 6.56. The molecular weight excluding hydrogens is 346 g/mol. The summed E-state index contributed by atoms with van der Waals surface area (Å²) in [6.07, 6.45) is 7.13. The first-order valence-corrected chi connectivity index (χ1v) is 8.88. The molecule has 0 aromatic heterocycles. The van der Waals surface area contributed by atoms with Gasteiger partial charge in [0.1, 0.15) is 12.4 Å². The van der Waals surface area contributed by atoms with Crippen molar-refractivity contribution in [3.05, 3.63) is 58.6 Å². The maximum atomic E-state index is 13.1. The Morgan fingerprint density at radius 2 is 2.04 bits per heavy atom. The Kier molecular flexibility index (Phi) is 5.35. The van der Waals surface area contributed by atoms with E-state index in [1.165, 1.54) is 0 Å². The molecule has 1 aliphatic heterocycles. The van der Waals surface area contributed by atoms with Gasteiger partial charge < -0.3 is 9.64 Å². The van der Waals surface area contributed by atoms with Gasteiger partial charge in [0.15, 0.2) is 0 Å². The Balaban J connectivity index is 2.08. The van der Waals surface area contributed by atoms with Crippen LogP contribution in [-0.2, 0) is 4.79 Å². The lowest BCUT2D eigenvalue weighted by Gasteiger charge is -2.19. The van der Waals surface area contributed by atoms with E-state index in [2.05, 4.69) is 19.8 Å². The summed E-state index contributed by atoms with van der Waals surface area (Å²) in [5.74, 6) is 3.41. The molecule has 0 saturated carbocycles.